The molecule has 3 rings (SSSR count). The van der Waals surface area contributed by atoms with Crippen LogP contribution in [0.3, 0.4) is 0 Å². The van der Waals surface area contributed by atoms with E-state index in [4.69, 9.17) is 4.74 Å². The van der Waals surface area contributed by atoms with E-state index in [0.29, 0.717) is 17.0 Å². The molecule has 7 heteroatoms. The van der Waals surface area contributed by atoms with Crippen molar-refractivity contribution in [3.63, 3.8) is 0 Å². The standard InChI is InChI=1S/C25H28N2O4S/c1-17-6-9-21(10-7-17)26-32(29,30)23-12-13-24(20(4)15-23)31-16-25(28)27(5)22-11-8-18(2)19(3)14-22/h6-15,26H,16H2,1-5H3. The van der Waals surface area contributed by atoms with Crippen LogP contribution in [-0.2, 0) is 14.8 Å². The molecule has 3 aromatic rings. The monoisotopic (exact) mass is 452 g/mol. The first-order valence-electron chi connectivity index (χ1n) is 10.2. The average Bonchev–Trinajstić information content (AvgIpc) is 2.75. The Hall–Kier alpha value is -3.32. The Morgan fingerprint density at radius 3 is 2.19 bits per heavy atom. The largest absolute Gasteiger partial charge is 0.483 e. The van der Waals surface area contributed by atoms with E-state index in [1.54, 1.807) is 37.1 Å². The van der Waals surface area contributed by atoms with Crippen LogP contribution < -0.4 is 14.4 Å². The van der Waals surface area contributed by atoms with Gasteiger partial charge in [0, 0.05) is 18.4 Å². The zero-order valence-corrected chi connectivity index (χ0v) is 19.8. The number of ether oxygens (including phenoxy) is 1. The predicted octanol–water partition coefficient (Wildman–Crippen LogP) is 4.76. The van der Waals surface area contributed by atoms with E-state index in [-0.39, 0.29) is 17.4 Å². The first-order chi connectivity index (χ1) is 15.1. The van der Waals surface area contributed by atoms with Gasteiger partial charge < -0.3 is 9.64 Å². The van der Waals surface area contributed by atoms with Crippen LogP contribution in [0.1, 0.15) is 22.3 Å². The van der Waals surface area contributed by atoms with Crippen LogP contribution in [0.5, 0.6) is 5.75 Å². The smallest absolute Gasteiger partial charge is 0.264 e. The maximum absolute atomic E-state index is 12.7. The third kappa shape index (κ3) is 5.48. The van der Waals surface area contributed by atoms with Crippen LogP contribution >= 0.6 is 0 Å². The number of likely N-dealkylation sites (N-methyl/N-ethyl adjacent to an activating group) is 1. The minimum Gasteiger partial charge on any atom is -0.483 e. The van der Waals surface area contributed by atoms with Crippen molar-refractivity contribution in [1.82, 2.24) is 0 Å². The number of nitrogens with zero attached hydrogens (tertiary/aromatic N) is 1. The number of nitrogens with one attached hydrogen (secondary N) is 1. The molecule has 0 saturated heterocycles. The molecule has 3 aromatic carbocycles. The minimum atomic E-state index is -3.73. The Morgan fingerprint density at radius 1 is 0.875 bits per heavy atom. The fourth-order valence-corrected chi connectivity index (χ4v) is 4.24. The Morgan fingerprint density at radius 2 is 1.56 bits per heavy atom. The van der Waals surface area contributed by atoms with Crippen molar-refractivity contribution in [3.05, 3.63) is 82.9 Å². The predicted molar refractivity (Wildman–Crippen MR) is 128 cm³/mol. The first-order valence-corrected chi connectivity index (χ1v) is 11.7. The van der Waals surface area contributed by atoms with Gasteiger partial charge in [-0.15, -0.1) is 0 Å². The normalized spacial score (nSPS) is 11.2. The first kappa shape index (κ1) is 23.3. The lowest BCUT2D eigenvalue weighted by Crippen LogP contribution is -2.31. The number of hydrogen-bond donors (Lipinski definition) is 1. The van der Waals surface area contributed by atoms with Crippen molar-refractivity contribution in [2.24, 2.45) is 0 Å². The highest BCUT2D eigenvalue weighted by molar-refractivity contribution is 7.92. The molecule has 0 aromatic heterocycles. The molecule has 6 nitrogen and oxygen atoms in total. The fourth-order valence-electron chi connectivity index (χ4n) is 3.10. The van der Waals surface area contributed by atoms with Crippen molar-refractivity contribution in [3.8, 4) is 5.75 Å². The summed E-state index contributed by atoms with van der Waals surface area (Å²) >= 11 is 0. The maximum Gasteiger partial charge on any atom is 0.264 e. The Bertz CT molecular complexity index is 1240. The summed E-state index contributed by atoms with van der Waals surface area (Å²) in [5.74, 6) is 0.256. The van der Waals surface area contributed by atoms with Gasteiger partial charge in [0.05, 0.1) is 4.90 Å². The van der Waals surface area contributed by atoms with Crippen LogP contribution in [0.25, 0.3) is 0 Å². The molecular formula is C25H28N2O4S. The lowest BCUT2D eigenvalue weighted by atomic mass is 10.1. The summed E-state index contributed by atoms with van der Waals surface area (Å²) in [4.78, 5) is 14.2. The molecule has 0 aliphatic carbocycles. The molecule has 1 N–H and O–H groups in total. The molecule has 168 valence electrons. The second kappa shape index (κ2) is 9.44. The highest BCUT2D eigenvalue weighted by Gasteiger charge is 2.17. The molecule has 0 unspecified atom stereocenters. The van der Waals surface area contributed by atoms with E-state index in [9.17, 15) is 13.2 Å². The van der Waals surface area contributed by atoms with Crippen molar-refractivity contribution < 1.29 is 17.9 Å². The average molecular weight is 453 g/mol. The van der Waals surface area contributed by atoms with E-state index >= 15 is 0 Å². The SMILES string of the molecule is Cc1ccc(NS(=O)(=O)c2ccc(OCC(=O)N(C)c3ccc(C)c(C)c3)c(C)c2)cc1. The fraction of sp³-hybridized carbons (Fsp3) is 0.240. The third-order valence-corrected chi connectivity index (χ3v) is 6.74. The highest BCUT2D eigenvalue weighted by Crippen LogP contribution is 2.24. The van der Waals surface area contributed by atoms with Crippen molar-refractivity contribution >= 4 is 27.3 Å². The Kier molecular flexibility index (Phi) is 6.89. The van der Waals surface area contributed by atoms with Gasteiger partial charge in [0.1, 0.15) is 5.75 Å². The summed E-state index contributed by atoms with van der Waals surface area (Å²) in [6.45, 7) is 7.55. The van der Waals surface area contributed by atoms with Crippen molar-refractivity contribution in [2.45, 2.75) is 32.6 Å². The molecule has 0 spiro atoms. The molecule has 0 aliphatic rings. The lowest BCUT2D eigenvalue weighted by molar-refractivity contribution is -0.120. The molecule has 32 heavy (non-hydrogen) atoms. The quantitative estimate of drug-likeness (QED) is 0.561. The Balaban J connectivity index is 1.67. The van der Waals surface area contributed by atoms with Crippen LogP contribution in [0.15, 0.2) is 65.6 Å². The molecule has 0 atom stereocenters. The van der Waals surface area contributed by atoms with Gasteiger partial charge in [-0.05, 0) is 86.8 Å². The molecule has 0 radical (unpaired) electrons. The van der Waals surface area contributed by atoms with Gasteiger partial charge in [-0.1, -0.05) is 23.8 Å². The van der Waals surface area contributed by atoms with Crippen LogP contribution in [-0.4, -0.2) is 28.0 Å². The summed E-state index contributed by atoms with van der Waals surface area (Å²) in [5.41, 5.74) is 5.22. The van der Waals surface area contributed by atoms with Crippen molar-refractivity contribution in [2.75, 3.05) is 23.3 Å². The Labute approximate surface area is 189 Å². The van der Waals surface area contributed by atoms with Gasteiger partial charge in [-0.3, -0.25) is 9.52 Å². The number of aryl methyl sites for hydroxylation is 4. The topological polar surface area (TPSA) is 75.7 Å². The van der Waals surface area contributed by atoms with E-state index in [1.807, 2.05) is 51.1 Å². The maximum atomic E-state index is 12.7. The molecule has 0 bridgehead atoms. The number of rotatable bonds is 7. The molecule has 0 aliphatic heterocycles. The molecule has 0 fully saturated rings. The van der Waals surface area contributed by atoms with Crippen LogP contribution in [0.2, 0.25) is 0 Å². The molecular weight excluding hydrogens is 424 g/mol. The van der Waals surface area contributed by atoms with Gasteiger partial charge in [0.25, 0.3) is 15.9 Å². The number of sulfonamides is 1. The van der Waals surface area contributed by atoms with Gasteiger partial charge >= 0.3 is 0 Å². The number of benzene rings is 3. The summed E-state index contributed by atoms with van der Waals surface area (Å²) in [6, 6.07) is 17.5. The third-order valence-electron chi connectivity index (χ3n) is 5.36. The zero-order valence-electron chi connectivity index (χ0n) is 19.0. The highest BCUT2D eigenvalue weighted by atomic mass is 32.2. The van der Waals surface area contributed by atoms with Gasteiger partial charge in [-0.25, -0.2) is 8.42 Å². The number of anilines is 2. The summed E-state index contributed by atoms with van der Waals surface area (Å²) in [7, 11) is -2.03. The van der Waals surface area contributed by atoms with Gasteiger partial charge in [0.2, 0.25) is 0 Å². The molecule has 1 amide bonds. The van der Waals surface area contributed by atoms with Crippen LogP contribution in [0.4, 0.5) is 11.4 Å². The second-order valence-electron chi connectivity index (χ2n) is 7.91. The zero-order chi connectivity index (χ0) is 23.5. The van der Waals surface area contributed by atoms with E-state index < -0.39 is 10.0 Å². The molecule has 0 saturated carbocycles. The van der Waals surface area contributed by atoms with Crippen molar-refractivity contribution in [1.29, 1.82) is 0 Å². The van der Waals surface area contributed by atoms with Crippen LogP contribution in [0, 0.1) is 27.7 Å². The van der Waals surface area contributed by atoms with E-state index in [2.05, 4.69) is 4.72 Å². The van der Waals surface area contributed by atoms with Gasteiger partial charge in [-0.2, -0.15) is 0 Å². The van der Waals surface area contributed by atoms with E-state index in [1.165, 1.54) is 12.1 Å². The number of carbonyl (C=O) groups excluding carboxylic acids is 1. The second-order valence-corrected chi connectivity index (χ2v) is 9.59. The number of hydrogen-bond acceptors (Lipinski definition) is 4. The summed E-state index contributed by atoms with van der Waals surface area (Å²) in [5, 5.41) is 0. The summed E-state index contributed by atoms with van der Waals surface area (Å²) in [6.07, 6.45) is 0. The number of amides is 1. The molecule has 0 heterocycles. The summed E-state index contributed by atoms with van der Waals surface area (Å²) < 4.78 is 33.7. The lowest BCUT2D eigenvalue weighted by Gasteiger charge is -2.19. The van der Waals surface area contributed by atoms with E-state index in [0.717, 1.165) is 22.4 Å². The van der Waals surface area contributed by atoms with Gasteiger partial charge in [0.15, 0.2) is 6.61 Å². The number of carbonyl (C=O) groups is 1. The minimum absolute atomic E-state index is 0.126.